The zero-order valence-electron chi connectivity index (χ0n) is 13.7. The Morgan fingerprint density at radius 3 is 2.36 bits per heavy atom. The summed E-state index contributed by atoms with van der Waals surface area (Å²) in [5.41, 5.74) is 1.18. The molecule has 0 aliphatic rings. The van der Waals surface area contributed by atoms with E-state index in [4.69, 9.17) is 18.0 Å². The zero-order valence-corrected chi connectivity index (χ0v) is 14.7. The lowest BCUT2D eigenvalue weighted by Gasteiger charge is -2.23. The number of pyridine rings is 1. The molecule has 6 heteroatoms. The third-order valence-corrected chi connectivity index (χ3v) is 6.73. The van der Waals surface area contributed by atoms with E-state index in [1.165, 1.54) is 5.52 Å². The number of nitrogens with zero attached hydrogens (tertiary/aromatic N) is 1. The molecule has 2 aromatic rings. The molecule has 2 rings (SSSR count). The van der Waals surface area contributed by atoms with Gasteiger partial charge in [-0.3, -0.25) is 0 Å². The Morgan fingerprint density at radius 2 is 1.73 bits per heavy atom. The van der Waals surface area contributed by atoms with E-state index in [0.29, 0.717) is 0 Å². The van der Waals surface area contributed by atoms with Gasteiger partial charge in [0.2, 0.25) is 5.52 Å². The highest BCUT2D eigenvalue weighted by molar-refractivity contribution is 6.60. The summed E-state index contributed by atoms with van der Waals surface area (Å²) in [7, 11) is 4.14. The van der Waals surface area contributed by atoms with Crippen molar-refractivity contribution in [2.45, 2.75) is 19.0 Å². The number of rotatable bonds is 8. The fourth-order valence-electron chi connectivity index (χ4n) is 2.60. The van der Waals surface area contributed by atoms with Gasteiger partial charge >= 0.3 is 8.80 Å². The quantitative estimate of drug-likeness (QED) is 0.553. The third-order valence-electron chi connectivity index (χ3n) is 3.90. The molecule has 0 spiro atoms. The highest BCUT2D eigenvalue weighted by Crippen LogP contribution is 2.19. The largest absolute Gasteiger partial charge is 0.500 e. The summed E-state index contributed by atoms with van der Waals surface area (Å²) in [5, 5.41) is 1.16. The van der Waals surface area contributed by atoms with E-state index in [9.17, 15) is 0 Å². The number of aromatic nitrogens is 1. The molecule has 0 amide bonds. The highest BCUT2D eigenvalue weighted by atomic mass is 28.4. The van der Waals surface area contributed by atoms with E-state index >= 15 is 0 Å². The van der Waals surface area contributed by atoms with Crippen LogP contribution in [-0.2, 0) is 19.8 Å². The van der Waals surface area contributed by atoms with Crippen LogP contribution in [0, 0.1) is 0 Å². The van der Waals surface area contributed by atoms with Gasteiger partial charge in [-0.1, -0.05) is 0 Å². The number of benzene rings is 1. The standard InChI is InChI=1S/C16H24NO4Si/c1-18-15-8-9-16-14(13-15)7-5-10-17(16)11-6-12-22(19-2,20-3)21-4/h5,7-10,13H,6,11-12H2,1-4H3/q+1. The van der Waals surface area contributed by atoms with Crippen molar-refractivity contribution >= 4 is 19.7 Å². The van der Waals surface area contributed by atoms with E-state index < -0.39 is 8.80 Å². The van der Waals surface area contributed by atoms with E-state index in [2.05, 4.69) is 29.0 Å². The Morgan fingerprint density at radius 1 is 1.00 bits per heavy atom. The van der Waals surface area contributed by atoms with E-state index in [0.717, 1.165) is 30.1 Å². The fraction of sp³-hybridized carbons (Fsp3) is 0.438. The Labute approximate surface area is 132 Å². The van der Waals surface area contributed by atoms with Crippen LogP contribution >= 0.6 is 0 Å². The Balaban J connectivity index is 2.12. The van der Waals surface area contributed by atoms with Gasteiger partial charge in [-0.15, -0.1) is 0 Å². The second-order valence-corrected chi connectivity index (χ2v) is 8.12. The average Bonchev–Trinajstić information content (AvgIpc) is 2.58. The minimum Gasteiger partial charge on any atom is -0.497 e. The van der Waals surface area contributed by atoms with Crippen molar-refractivity contribution in [2.75, 3.05) is 28.4 Å². The maximum absolute atomic E-state index is 5.46. The molecule has 0 aliphatic heterocycles. The molecule has 0 saturated carbocycles. The van der Waals surface area contributed by atoms with Crippen molar-refractivity contribution in [2.24, 2.45) is 0 Å². The Bertz CT molecular complexity index is 608. The number of hydrogen-bond donors (Lipinski definition) is 0. The van der Waals surface area contributed by atoms with Gasteiger partial charge in [-0.25, -0.2) is 0 Å². The first-order valence-corrected chi connectivity index (χ1v) is 9.23. The summed E-state index contributed by atoms with van der Waals surface area (Å²) < 4.78 is 23.9. The van der Waals surface area contributed by atoms with Crippen molar-refractivity contribution in [3.05, 3.63) is 36.5 Å². The number of ether oxygens (including phenoxy) is 1. The topological polar surface area (TPSA) is 40.8 Å². The maximum Gasteiger partial charge on any atom is 0.500 e. The van der Waals surface area contributed by atoms with Gasteiger partial charge in [0.25, 0.3) is 0 Å². The summed E-state index contributed by atoms with van der Waals surface area (Å²) in [6, 6.07) is 11.0. The molecule has 0 unspecified atom stereocenters. The predicted octanol–water partition coefficient (Wildman–Crippen LogP) is 2.40. The lowest BCUT2D eigenvalue weighted by molar-refractivity contribution is -0.671. The van der Waals surface area contributed by atoms with Crippen LogP contribution in [0.25, 0.3) is 10.9 Å². The zero-order chi connectivity index (χ0) is 16.0. The first-order chi connectivity index (χ1) is 10.7. The average molecular weight is 322 g/mol. The van der Waals surface area contributed by atoms with Crippen LogP contribution in [0.2, 0.25) is 6.04 Å². The molecule has 1 aromatic heterocycles. The molecule has 0 radical (unpaired) electrons. The molecule has 1 aromatic carbocycles. The second-order valence-electron chi connectivity index (χ2n) is 5.03. The first-order valence-electron chi connectivity index (χ1n) is 7.29. The molecule has 5 nitrogen and oxygen atoms in total. The van der Waals surface area contributed by atoms with E-state index in [1.54, 1.807) is 28.4 Å². The summed E-state index contributed by atoms with van der Waals surface area (Å²) in [4.78, 5) is 0. The molecule has 0 saturated heterocycles. The normalized spacial score (nSPS) is 11.8. The van der Waals surface area contributed by atoms with Crippen molar-refractivity contribution in [1.82, 2.24) is 0 Å². The molecule has 1 heterocycles. The summed E-state index contributed by atoms with van der Waals surface area (Å²) in [5.74, 6) is 0.870. The van der Waals surface area contributed by atoms with Gasteiger partial charge in [0.1, 0.15) is 12.3 Å². The van der Waals surface area contributed by atoms with E-state index in [1.807, 2.05) is 12.1 Å². The highest BCUT2D eigenvalue weighted by Gasteiger charge is 2.37. The monoisotopic (exact) mass is 322 g/mol. The maximum atomic E-state index is 5.46. The van der Waals surface area contributed by atoms with Gasteiger partial charge in [-0.05, 0) is 18.2 Å². The van der Waals surface area contributed by atoms with Gasteiger partial charge in [-0.2, -0.15) is 4.57 Å². The van der Waals surface area contributed by atoms with Crippen molar-refractivity contribution in [3.8, 4) is 5.75 Å². The van der Waals surface area contributed by atoms with Crippen molar-refractivity contribution < 1.29 is 22.6 Å². The lowest BCUT2D eigenvalue weighted by Crippen LogP contribution is -2.44. The minimum absolute atomic E-state index is 0.788. The van der Waals surface area contributed by atoms with Gasteiger partial charge in [0, 0.05) is 45.9 Å². The molecular weight excluding hydrogens is 298 g/mol. The molecule has 22 heavy (non-hydrogen) atoms. The third kappa shape index (κ3) is 3.64. The molecule has 0 bridgehead atoms. The number of fused-ring (bicyclic) bond motifs is 1. The second kappa shape index (κ2) is 7.69. The first kappa shape index (κ1) is 16.9. The fourth-order valence-corrected chi connectivity index (χ4v) is 4.31. The Kier molecular flexibility index (Phi) is 5.90. The van der Waals surface area contributed by atoms with Crippen LogP contribution in [0.4, 0.5) is 0 Å². The molecule has 0 aliphatic carbocycles. The van der Waals surface area contributed by atoms with Crippen LogP contribution in [-0.4, -0.2) is 37.2 Å². The predicted molar refractivity (Wildman–Crippen MR) is 86.9 cm³/mol. The molecule has 0 N–H and O–H groups in total. The summed E-state index contributed by atoms with van der Waals surface area (Å²) in [6.07, 6.45) is 3.02. The lowest BCUT2D eigenvalue weighted by atomic mass is 10.2. The van der Waals surface area contributed by atoms with Crippen LogP contribution in [0.5, 0.6) is 5.75 Å². The minimum atomic E-state index is -2.49. The summed E-state index contributed by atoms with van der Waals surface area (Å²) >= 11 is 0. The number of methoxy groups -OCH3 is 1. The molecule has 0 fully saturated rings. The van der Waals surface area contributed by atoms with E-state index in [-0.39, 0.29) is 0 Å². The van der Waals surface area contributed by atoms with Crippen LogP contribution in [0.3, 0.4) is 0 Å². The van der Waals surface area contributed by atoms with Crippen LogP contribution in [0.1, 0.15) is 6.42 Å². The smallest absolute Gasteiger partial charge is 0.497 e. The van der Waals surface area contributed by atoms with Crippen molar-refractivity contribution in [1.29, 1.82) is 0 Å². The SMILES string of the molecule is COc1ccc2c(ccc[n+]2CCC[Si](OC)(OC)OC)c1. The van der Waals surface area contributed by atoms with Crippen LogP contribution in [0.15, 0.2) is 36.5 Å². The van der Waals surface area contributed by atoms with Crippen LogP contribution < -0.4 is 9.30 Å². The number of hydrogen-bond acceptors (Lipinski definition) is 4. The Hall–Kier alpha value is -1.47. The van der Waals surface area contributed by atoms with Gasteiger partial charge in [0.05, 0.1) is 12.5 Å². The molecular formula is C16H24NO4Si+. The summed E-state index contributed by atoms with van der Waals surface area (Å²) in [6.45, 7) is 0.883. The van der Waals surface area contributed by atoms with Gasteiger partial charge < -0.3 is 18.0 Å². The molecule has 120 valence electrons. The van der Waals surface area contributed by atoms with Gasteiger partial charge in [0.15, 0.2) is 6.20 Å². The number of aryl methyl sites for hydroxylation is 1. The van der Waals surface area contributed by atoms with Crippen molar-refractivity contribution in [3.63, 3.8) is 0 Å². The molecule has 0 atom stereocenters.